The summed E-state index contributed by atoms with van der Waals surface area (Å²) in [5, 5.41) is 12.2. The van der Waals surface area contributed by atoms with Gasteiger partial charge in [0.05, 0.1) is 22.7 Å². The lowest BCUT2D eigenvalue weighted by Gasteiger charge is -2.28. The zero-order valence-corrected chi connectivity index (χ0v) is 15.3. The summed E-state index contributed by atoms with van der Waals surface area (Å²) in [6.45, 7) is 0.480. The molecule has 0 aromatic heterocycles. The molecule has 2 amide bonds. The number of carbonyl (C=O) groups excluding carboxylic acids is 1. The van der Waals surface area contributed by atoms with Crippen LogP contribution in [-0.2, 0) is 30.4 Å². The molecule has 0 atom stereocenters. The van der Waals surface area contributed by atoms with Gasteiger partial charge in [-0.05, 0) is 41.3 Å². The molecular weight excluding hydrogens is 397 g/mol. The van der Waals surface area contributed by atoms with Gasteiger partial charge in [-0.3, -0.25) is 4.79 Å². The molecule has 2 aromatic carbocycles. The standard InChI is InChI=1S/C19H16ClF3N2O3/c20-15-6-3-12-10-25(18(27)28)8-7-14(12)17(15)24-16(26)9-11-1-4-13(5-2-11)19(21,22)23/h1-6H,7-10H2,(H,24,26)(H,27,28). The van der Waals surface area contributed by atoms with E-state index in [0.717, 1.165) is 23.3 Å². The molecule has 1 aliphatic rings. The van der Waals surface area contributed by atoms with Crippen LogP contribution in [0, 0.1) is 0 Å². The van der Waals surface area contributed by atoms with E-state index in [-0.39, 0.29) is 19.5 Å². The van der Waals surface area contributed by atoms with Gasteiger partial charge >= 0.3 is 12.3 Å². The SMILES string of the molecule is O=C(Cc1ccc(C(F)(F)F)cc1)Nc1c(Cl)ccc2c1CCN(C(=O)O)C2. The molecule has 9 heteroatoms. The highest BCUT2D eigenvalue weighted by molar-refractivity contribution is 6.34. The van der Waals surface area contributed by atoms with Gasteiger partial charge in [-0.2, -0.15) is 13.2 Å². The van der Waals surface area contributed by atoms with Crippen molar-refractivity contribution in [1.82, 2.24) is 4.90 Å². The Morgan fingerprint density at radius 1 is 1.14 bits per heavy atom. The normalized spacial score (nSPS) is 13.8. The van der Waals surface area contributed by atoms with E-state index in [0.29, 0.717) is 22.7 Å². The fourth-order valence-electron chi connectivity index (χ4n) is 3.11. The van der Waals surface area contributed by atoms with Crippen molar-refractivity contribution >= 4 is 29.3 Å². The van der Waals surface area contributed by atoms with Gasteiger partial charge in [0.1, 0.15) is 0 Å². The molecule has 2 N–H and O–H groups in total. The zero-order chi connectivity index (χ0) is 20.5. The molecule has 1 heterocycles. The summed E-state index contributed by atoms with van der Waals surface area (Å²) >= 11 is 6.21. The van der Waals surface area contributed by atoms with Crippen molar-refractivity contribution < 1.29 is 27.9 Å². The highest BCUT2D eigenvalue weighted by Crippen LogP contribution is 2.33. The van der Waals surface area contributed by atoms with E-state index < -0.39 is 23.7 Å². The van der Waals surface area contributed by atoms with Gasteiger partial charge in [-0.25, -0.2) is 4.79 Å². The summed E-state index contributed by atoms with van der Waals surface area (Å²) in [4.78, 5) is 24.8. The summed E-state index contributed by atoms with van der Waals surface area (Å²) in [6, 6.07) is 7.68. The lowest BCUT2D eigenvalue weighted by molar-refractivity contribution is -0.137. The van der Waals surface area contributed by atoms with Crippen LogP contribution in [0.15, 0.2) is 36.4 Å². The molecule has 0 unspecified atom stereocenters. The lowest BCUT2D eigenvalue weighted by atomic mass is 9.97. The first-order valence-corrected chi connectivity index (χ1v) is 8.77. The number of rotatable bonds is 3. The van der Waals surface area contributed by atoms with E-state index in [1.165, 1.54) is 17.0 Å². The number of nitrogens with one attached hydrogen (secondary N) is 1. The molecule has 0 spiro atoms. The van der Waals surface area contributed by atoms with Gasteiger partial charge in [0.2, 0.25) is 5.91 Å². The predicted octanol–water partition coefficient (Wildman–Crippen LogP) is 4.58. The fourth-order valence-corrected chi connectivity index (χ4v) is 3.33. The van der Waals surface area contributed by atoms with Crippen LogP contribution in [0.4, 0.5) is 23.7 Å². The number of hydrogen-bond donors (Lipinski definition) is 2. The quantitative estimate of drug-likeness (QED) is 0.775. The zero-order valence-electron chi connectivity index (χ0n) is 14.5. The van der Waals surface area contributed by atoms with Crippen molar-refractivity contribution in [3.05, 3.63) is 63.7 Å². The second-order valence-electron chi connectivity index (χ2n) is 6.43. The highest BCUT2D eigenvalue weighted by atomic mass is 35.5. The van der Waals surface area contributed by atoms with E-state index in [1.54, 1.807) is 12.1 Å². The Labute approximate surface area is 163 Å². The van der Waals surface area contributed by atoms with Crippen LogP contribution in [0.3, 0.4) is 0 Å². The number of fused-ring (bicyclic) bond motifs is 1. The maximum absolute atomic E-state index is 12.6. The topological polar surface area (TPSA) is 69.6 Å². The van der Waals surface area contributed by atoms with Crippen LogP contribution >= 0.6 is 11.6 Å². The minimum Gasteiger partial charge on any atom is -0.465 e. The molecule has 28 heavy (non-hydrogen) atoms. The fraction of sp³-hybridized carbons (Fsp3) is 0.263. The molecule has 3 rings (SSSR count). The first-order valence-electron chi connectivity index (χ1n) is 8.39. The number of halogens is 4. The van der Waals surface area contributed by atoms with Gasteiger partial charge in [-0.1, -0.05) is 29.8 Å². The average molecular weight is 413 g/mol. The summed E-state index contributed by atoms with van der Waals surface area (Å²) in [5.74, 6) is -0.421. The molecule has 0 saturated heterocycles. The predicted molar refractivity (Wildman–Crippen MR) is 97.4 cm³/mol. The first kappa shape index (κ1) is 20.0. The minimum atomic E-state index is -4.43. The van der Waals surface area contributed by atoms with Crippen molar-refractivity contribution in [2.75, 3.05) is 11.9 Å². The largest absolute Gasteiger partial charge is 0.465 e. The second kappa shape index (κ2) is 7.71. The van der Waals surface area contributed by atoms with Crippen molar-refractivity contribution in [2.24, 2.45) is 0 Å². The van der Waals surface area contributed by atoms with E-state index >= 15 is 0 Å². The van der Waals surface area contributed by atoms with Crippen LogP contribution in [0.25, 0.3) is 0 Å². The van der Waals surface area contributed by atoms with Gasteiger partial charge < -0.3 is 15.3 Å². The van der Waals surface area contributed by atoms with Gasteiger partial charge in [-0.15, -0.1) is 0 Å². The highest BCUT2D eigenvalue weighted by Gasteiger charge is 2.30. The molecule has 0 saturated carbocycles. The number of carbonyl (C=O) groups is 2. The third-order valence-electron chi connectivity index (χ3n) is 4.53. The number of hydrogen-bond acceptors (Lipinski definition) is 2. The summed E-state index contributed by atoms with van der Waals surface area (Å²) in [6.07, 6.45) is -5.16. The average Bonchev–Trinajstić information content (AvgIpc) is 2.63. The third-order valence-corrected chi connectivity index (χ3v) is 4.85. The van der Waals surface area contributed by atoms with Gasteiger partial charge in [0.15, 0.2) is 0 Å². The van der Waals surface area contributed by atoms with Crippen LogP contribution in [0.1, 0.15) is 22.3 Å². The monoisotopic (exact) mass is 412 g/mol. The number of alkyl halides is 3. The summed E-state index contributed by atoms with van der Waals surface area (Å²) < 4.78 is 37.9. The van der Waals surface area contributed by atoms with Crippen LogP contribution < -0.4 is 5.32 Å². The molecule has 0 radical (unpaired) electrons. The Balaban J connectivity index is 1.74. The smallest absolute Gasteiger partial charge is 0.416 e. The molecule has 0 aliphatic carbocycles. The number of carboxylic acid groups (broad SMARTS) is 1. The van der Waals surface area contributed by atoms with Crippen molar-refractivity contribution in [1.29, 1.82) is 0 Å². The first-order chi connectivity index (χ1) is 13.1. The van der Waals surface area contributed by atoms with Crippen molar-refractivity contribution in [3.8, 4) is 0 Å². The molecule has 148 valence electrons. The lowest BCUT2D eigenvalue weighted by Crippen LogP contribution is -2.35. The summed E-state index contributed by atoms with van der Waals surface area (Å²) in [7, 11) is 0. The molecule has 5 nitrogen and oxygen atoms in total. The number of benzene rings is 2. The Morgan fingerprint density at radius 3 is 2.43 bits per heavy atom. The van der Waals surface area contributed by atoms with E-state index in [1.807, 2.05) is 0 Å². The van der Waals surface area contributed by atoms with Gasteiger partial charge in [0, 0.05) is 13.1 Å². The maximum atomic E-state index is 12.6. The molecular formula is C19H16ClF3N2O3. The maximum Gasteiger partial charge on any atom is 0.416 e. The number of amides is 2. The van der Waals surface area contributed by atoms with Crippen LogP contribution in [0.5, 0.6) is 0 Å². The second-order valence-corrected chi connectivity index (χ2v) is 6.84. The van der Waals surface area contributed by atoms with Crippen LogP contribution in [-0.4, -0.2) is 28.6 Å². The number of anilines is 1. The van der Waals surface area contributed by atoms with Crippen molar-refractivity contribution in [3.63, 3.8) is 0 Å². The van der Waals surface area contributed by atoms with Gasteiger partial charge in [0.25, 0.3) is 0 Å². The van der Waals surface area contributed by atoms with Crippen molar-refractivity contribution in [2.45, 2.75) is 25.6 Å². The molecule has 0 bridgehead atoms. The Kier molecular flexibility index (Phi) is 5.51. The Morgan fingerprint density at radius 2 is 1.82 bits per heavy atom. The third kappa shape index (κ3) is 4.39. The summed E-state index contributed by atoms with van der Waals surface area (Å²) in [5.41, 5.74) is 1.60. The molecule has 0 fully saturated rings. The minimum absolute atomic E-state index is 0.112. The number of nitrogens with zero attached hydrogens (tertiary/aromatic N) is 1. The Bertz CT molecular complexity index is 914. The molecule has 2 aromatic rings. The molecule has 1 aliphatic heterocycles. The van der Waals surface area contributed by atoms with E-state index in [4.69, 9.17) is 16.7 Å². The Hall–Kier alpha value is -2.74. The van der Waals surface area contributed by atoms with Crippen LogP contribution in [0.2, 0.25) is 5.02 Å². The van der Waals surface area contributed by atoms with E-state index in [2.05, 4.69) is 5.32 Å². The van der Waals surface area contributed by atoms with E-state index in [9.17, 15) is 22.8 Å².